The largest absolute Gasteiger partial charge is 0.381 e. The van der Waals surface area contributed by atoms with Gasteiger partial charge < -0.3 is 15.4 Å². The summed E-state index contributed by atoms with van der Waals surface area (Å²) in [7, 11) is 0. The van der Waals surface area contributed by atoms with E-state index in [2.05, 4.69) is 10.6 Å². The summed E-state index contributed by atoms with van der Waals surface area (Å²) < 4.78 is 5.15. The third-order valence-corrected chi connectivity index (χ3v) is 2.73. The van der Waals surface area contributed by atoms with E-state index in [0.717, 1.165) is 32.7 Å². The molecule has 2 saturated heterocycles. The lowest BCUT2D eigenvalue weighted by Gasteiger charge is -2.27. The summed E-state index contributed by atoms with van der Waals surface area (Å²) in [6.07, 6.45) is 0.884. The zero-order valence-electron chi connectivity index (χ0n) is 7.71. The van der Waals surface area contributed by atoms with Crippen molar-refractivity contribution in [1.29, 1.82) is 0 Å². The third kappa shape index (κ3) is 2.19. The molecule has 4 nitrogen and oxygen atoms in total. The van der Waals surface area contributed by atoms with Crippen LogP contribution in [-0.2, 0) is 9.53 Å². The van der Waals surface area contributed by atoms with E-state index in [9.17, 15) is 4.79 Å². The molecule has 74 valence electrons. The Kier molecular flexibility index (Phi) is 2.80. The van der Waals surface area contributed by atoms with E-state index >= 15 is 0 Å². The second-order valence-corrected chi connectivity index (χ2v) is 3.83. The first-order valence-electron chi connectivity index (χ1n) is 4.92. The molecule has 0 aromatic carbocycles. The fourth-order valence-corrected chi connectivity index (χ4v) is 1.62. The number of nitrogens with one attached hydrogen (secondary N) is 2. The molecule has 0 saturated carbocycles. The highest BCUT2D eigenvalue weighted by Gasteiger charge is 2.24. The number of carbonyl (C=O) groups excluding carboxylic acids is 1. The maximum atomic E-state index is 11.5. The van der Waals surface area contributed by atoms with Gasteiger partial charge >= 0.3 is 0 Å². The van der Waals surface area contributed by atoms with E-state index in [0.29, 0.717) is 12.5 Å². The van der Waals surface area contributed by atoms with Crippen LogP contribution in [0.2, 0.25) is 0 Å². The number of amides is 1. The summed E-state index contributed by atoms with van der Waals surface area (Å²) in [5.41, 5.74) is 0. The van der Waals surface area contributed by atoms with Crippen LogP contribution in [0.3, 0.4) is 0 Å². The van der Waals surface area contributed by atoms with Gasteiger partial charge in [-0.1, -0.05) is 0 Å². The minimum Gasteiger partial charge on any atom is -0.381 e. The van der Waals surface area contributed by atoms with Gasteiger partial charge in [-0.25, -0.2) is 0 Å². The van der Waals surface area contributed by atoms with Gasteiger partial charge in [-0.15, -0.1) is 0 Å². The molecule has 0 spiro atoms. The highest BCUT2D eigenvalue weighted by molar-refractivity contribution is 5.78. The van der Waals surface area contributed by atoms with Crippen molar-refractivity contribution in [2.45, 2.75) is 6.42 Å². The van der Waals surface area contributed by atoms with Crippen LogP contribution in [0.4, 0.5) is 0 Å². The van der Waals surface area contributed by atoms with Gasteiger partial charge in [0, 0.05) is 32.2 Å². The Balaban J connectivity index is 1.65. The summed E-state index contributed by atoms with van der Waals surface area (Å²) in [5.74, 6) is 0.920. The van der Waals surface area contributed by atoms with Gasteiger partial charge in [0.1, 0.15) is 0 Å². The SMILES string of the molecule is O=C(NCC1CNC1)C1CCOC1. The molecule has 1 atom stereocenters. The molecule has 0 radical (unpaired) electrons. The van der Waals surface area contributed by atoms with Gasteiger partial charge in [0.25, 0.3) is 0 Å². The highest BCUT2D eigenvalue weighted by atomic mass is 16.5. The first-order chi connectivity index (χ1) is 6.36. The van der Waals surface area contributed by atoms with E-state index in [1.165, 1.54) is 0 Å². The van der Waals surface area contributed by atoms with Crippen molar-refractivity contribution in [3.8, 4) is 0 Å². The van der Waals surface area contributed by atoms with E-state index < -0.39 is 0 Å². The quantitative estimate of drug-likeness (QED) is 0.613. The maximum absolute atomic E-state index is 11.5. The van der Waals surface area contributed by atoms with Gasteiger partial charge in [0.15, 0.2) is 0 Å². The molecule has 0 aliphatic carbocycles. The number of hydrogen-bond donors (Lipinski definition) is 2. The first-order valence-corrected chi connectivity index (χ1v) is 4.92. The van der Waals surface area contributed by atoms with Crippen molar-refractivity contribution in [2.24, 2.45) is 11.8 Å². The van der Waals surface area contributed by atoms with Crippen molar-refractivity contribution in [3.05, 3.63) is 0 Å². The van der Waals surface area contributed by atoms with Crippen LogP contribution >= 0.6 is 0 Å². The van der Waals surface area contributed by atoms with Crippen molar-refractivity contribution < 1.29 is 9.53 Å². The normalized spacial score (nSPS) is 28.5. The molecular weight excluding hydrogens is 168 g/mol. The molecule has 13 heavy (non-hydrogen) atoms. The fraction of sp³-hybridized carbons (Fsp3) is 0.889. The topological polar surface area (TPSA) is 50.4 Å². The Morgan fingerprint density at radius 3 is 2.92 bits per heavy atom. The standard InChI is InChI=1S/C9H16N2O2/c12-9(8-1-2-13-6-8)11-5-7-3-10-4-7/h7-8,10H,1-6H2,(H,11,12). The summed E-state index contributed by atoms with van der Waals surface area (Å²) in [6.45, 7) is 4.25. The van der Waals surface area contributed by atoms with Gasteiger partial charge in [-0.3, -0.25) is 4.79 Å². The molecule has 2 aliphatic heterocycles. The summed E-state index contributed by atoms with van der Waals surface area (Å²) in [6, 6.07) is 0. The highest BCUT2D eigenvalue weighted by Crippen LogP contribution is 2.12. The molecule has 1 amide bonds. The lowest BCUT2D eigenvalue weighted by atomic mass is 10.0. The van der Waals surface area contributed by atoms with Crippen LogP contribution in [0, 0.1) is 11.8 Å². The van der Waals surface area contributed by atoms with Crippen molar-refractivity contribution >= 4 is 5.91 Å². The average molecular weight is 184 g/mol. The zero-order valence-corrected chi connectivity index (χ0v) is 7.71. The molecular formula is C9H16N2O2. The van der Waals surface area contributed by atoms with Gasteiger partial charge in [-0.2, -0.15) is 0 Å². The van der Waals surface area contributed by atoms with Gasteiger partial charge in [-0.05, 0) is 6.42 Å². The first kappa shape index (κ1) is 8.97. The minimum atomic E-state index is 0.105. The smallest absolute Gasteiger partial charge is 0.225 e. The molecule has 2 aliphatic rings. The van der Waals surface area contributed by atoms with Crippen LogP contribution < -0.4 is 10.6 Å². The van der Waals surface area contributed by atoms with Crippen molar-refractivity contribution in [2.75, 3.05) is 32.8 Å². The Morgan fingerprint density at radius 1 is 1.54 bits per heavy atom. The monoisotopic (exact) mass is 184 g/mol. The third-order valence-electron chi connectivity index (χ3n) is 2.73. The zero-order chi connectivity index (χ0) is 9.10. The maximum Gasteiger partial charge on any atom is 0.225 e. The van der Waals surface area contributed by atoms with Crippen molar-refractivity contribution in [1.82, 2.24) is 10.6 Å². The van der Waals surface area contributed by atoms with Crippen LogP contribution in [0.25, 0.3) is 0 Å². The fourth-order valence-electron chi connectivity index (χ4n) is 1.62. The van der Waals surface area contributed by atoms with Crippen LogP contribution in [0.1, 0.15) is 6.42 Å². The van der Waals surface area contributed by atoms with Crippen LogP contribution in [-0.4, -0.2) is 38.8 Å². The molecule has 4 heteroatoms. The average Bonchev–Trinajstić information content (AvgIpc) is 2.52. The lowest BCUT2D eigenvalue weighted by molar-refractivity contribution is -0.125. The summed E-state index contributed by atoms with van der Waals surface area (Å²) in [4.78, 5) is 11.5. The van der Waals surface area contributed by atoms with E-state index in [1.54, 1.807) is 0 Å². The summed E-state index contributed by atoms with van der Waals surface area (Å²) >= 11 is 0. The Bertz CT molecular complexity index is 186. The van der Waals surface area contributed by atoms with Gasteiger partial charge in [0.05, 0.1) is 12.5 Å². The number of ether oxygens (including phenoxy) is 1. The second kappa shape index (κ2) is 4.07. The van der Waals surface area contributed by atoms with E-state index in [-0.39, 0.29) is 11.8 Å². The van der Waals surface area contributed by atoms with Crippen LogP contribution in [0.5, 0.6) is 0 Å². The van der Waals surface area contributed by atoms with Gasteiger partial charge in [0.2, 0.25) is 5.91 Å². The lowest BCUT2D eigenvalue weighted by Crippen LogP contribution is -2.49. The molecule has 2 N–H and O–H groups in total. The summed E-state index contributed by atoms with van der Waals surface area (Å²) in [5, 5.41) is 6.15. The van der Waals surface area contributed by atoms with E-state index in [4.69, 9.17) is 4.74 Å². The van der Waals surface area contributed by atoms with Crippen LogP contribution in [0.15, 0.2) is 0 Å². The van der Waals surface area contributed by atoms with Crippen molar-refractivity contribution in [3.63, 3.8) is 0 Å². The molecule has 0 bridgehead atoms. The predicted molar refractivity (Wildman–Crippen MR) is 48.3 cm³/mol. The molecule has 2 rings (SSSR count). The molecule has 2 heterocycles. The number of rotatable bonds is 3. The minimum absolute atomic E-state index is 0.105. The molecule has 2 fully saturated rings. The Labute approximate surface area is 78.0 Å². The molecule has 1 unspecified atom stereocenters. The number of hydrogen-bond acceptors (Lipinski definition) is 3. The Hall–Kier alpha value is -0.610. The van der Waals surface area contributed by atoms with E-state index in [1.807, 2.05) is 0 Å². The molecule has 0 aromatic heterocycles. The second-order valence-electron chi connectivity index (χ2n) is 3.83. The predicted octanol–water partition coefficient (Wildman–Crippen LogP) is -0.642. The number of carbonyl (C=O) groups is 1. The Morgan fingerprint density at radius 2 is 2.38 bits per heavy atom. The molecule has 0 aromatic rings.